The van der Waals surface area contributed by atoms with Gasteiger partial charge < -0.3 is 14.9 Å². The third kappa shape index (κ3) is 4.94. The number of aliphatic hydroxyl groups is 2. The van der Waals surface area contributed by atoms with E-state index in [0.717, 1.165) is 33.1 Å². The zero-order valence-corrected chi connectivity index (χ0v) is 23.9. The number of carbonyl (C=O) groups is 1. The molecule has 3 atom stereocenters. The van der Waals surface area contributed by atoms with Crippen LogP contribution in [0.4, 0.5) is 0 Å². The molecule has 3 aromatic carbocycles. The molecule has 1 fully saturated rings. The number of hydrogen-bond acceptors (Lipinski definition) is 4. The zero-order chi connectivity index (χ0) is 26.4. The van der Waals surface area contributed by atoms with Crippen molar-refractivity contribution in [3.63, 3.8) is 0 Å². The molecule has 3 aromatic rings. The Hall–Kier alpha value is -1.97. The second kappa shape index (κ2) is 10.3. The molecule has 1 amide bonds. The lowest BCUT2D eigenvalue weighted by Crippen LogP contribution is -2.48. The average molecular weight is 632 g/mol. The molecule has 194 valence electrons. The van der Waals surface area contributed by atoms with Crippen LogP contribution in [-0.4, -0.2) is 34.2 Å². The van der Waals surface area contributed by atoms with Crippen LogP contribution in [0.2, 0.25) is 5.02 Å². The first kappa shape index (κ1) is 26.6. The molecule has 0 aromatic heterocycles. The van der Waals surface area contributed by atoms with Gasteiger partial charge in [0.05, 0.1) is 12.2 Å². The summed E-state index contributed by atoms with van der Waals surface area (Å²) in [5, 5.41) is 21.1. The molecule has 1 unspecified atom stereocenters. The third-order valence-electron chi connectivity index (χ3n) is 7.75. The quantitative estimate of drug-likeness (QED) is 0.297. The van der Waals surface area contributed by atoms with Gasteiger partial charge in [0, 0.05) is 38.4 Å². The van der Waals surface area contributed by atoms with Gasteiger partial charge in [-0.25, -0.2) is 0 Å². The van der Waals surface area contributed by atoms with Crippen LogP contribution in [-0.2, 0) is 22.6 Å². The van der Waals surface area contributed by atoms with E-state index in [2.05, 4.69) is 22.6 Å². The van der Waals surface area contributed by atoms with Gasteiger partial charge in [-0.2, -0.15) is 0 Å². The Morgan fingerprint density at radius 3 is 2.32 bits per heavy atom. The van der Waals surface area contributed by atoms with Gasteiger partial charge in [0.25, 0.3) is 5.91 Å². The number of ether oxygens (including phenoxy) is 1. The van der Waals surface area contributed by atoms with Crippen LogP contribution >= 0.6 is 34.2 Å². The van der Waals surface area contributed by atoms with Crippen LogP contribution in [0.1, 0.15) is 59.3 Å². The highest BCUT2D eigenvalue weighted by atomic mass is 127. The second-order valence-electron chi connectivity index (χ2n) is 10.6. The predicted molar refractivity (Wildman–Crippen MR) is 152 cm³/mol. The van der Waals surface area contributed by atoms with Crippen molar-refractivity contribution in [3.8, 4) is 0 Å². The van der Waals surface area contributed by atoms with Crippen molar-refractivity contribution in [1.82, 2.24) is 4.90 Å². The van der Waals surface area contributed by atoms with Crippen molar-refractivity contribution >= 4 is 40.1 Å². The van der Waals surface area contributed by atoms with E-state index in [4.69, 9.17) is 16.3 Å². The minimum atomic E-state index is -1.17. The molecular formula is C30H31ClINO4. The molecule has 0 spiro atoms. The first-order chi connectivity index (χ1) is 17.6. The minimum absolute atomic E-state index is 0.138. The fourth-order valence-electron chi connectivity index (χ4n) is 5.34. The van der Waals surface area contributed by atoms with Gasteiger partial charge in [-0.1, -0.05) is 48.0 Å². The predicted octanol–water partition coefficient (Wildman–Crippen LogP) is 6.06. The van der Waals surface area contributed by atoms with E-state index in [0.29, 0.717) is 29.3 Å². The van der Waals surface area contributed by atoms with Crippen LogP contribution in [0.3, 0.4) is 0 Å². The molecule has 1 aliphatic heterocycles. The Balaban J connectivity index is 1.67. The Labute approximate surface area is 236 Å². The minimum Gasteiger partial charge on any atom is -0.396 e. The molecule has 2 aliphatic rings. The summed E-state index contributed by atoms with van der Waals surface area (Å²) < 4.78 is 7.99. The number of nitrogens with zero attached hydrogens (tertiary/aromatic N) is 1. The highest BCUT2D eigenvalue weighted by Crippen LogP contribution is 2.48. The smallest absolute Gasteiger partial charge is 0.257 e. The molecular weight excluding hydrogens is 601 g/mol. The van der Waals surface area contributed by atoms with Crippen molar-refractivity contribution in [1.29, 1.82) is 0 Å². The summed E-state index contributed by atoms with van der Waals surface area (Å²) in [5.74, 6) is 0.284. The summed E-state index contributed by atoms with van der Waals surface area (Å²) >= 11 is 8.53. The molecule has 1 saturated carbocycles. The summed E-state index contributed by atoms with van der Waals surface area (Å²) in [4.78, 5) is 15.9. The molecule has 0 saturated heterocycles. The highest BCUT2D eigenvalue weighted by Gasteiger charge is 2.53. The fraction of sp³-hybridized carbons (Fsp3) is 0.367. The van der Waals surface area contributed by atoms with Crippen LogP contribution in [0.25, 0.3) is 0 Å². The summed E-state index contributed by atoms with van der Waals surface area (Å²) in [7, 11) is 0. The Morgan fingerprint density at radius 2 is 1.73 bits per heavy atom. The number of rotatable bonds is 8. The van der Waals surface area contributed by atoms with Gasteiger partial charge in [-0.3, -0.25) is 9.69 Å². The van der Waals surface area contributed by atoms with Gasteiger partial charge >= 0.3 is 0 Å². The van der Waals surface area contributed by atoms with Crippen LogP contribution in [0, 0.1) is 15.4 Å². The second-order valence-corrected chi connectivity index (χ2v) is 12.3. The first-order valence-corrected chi connectivity index (χ1v) is 14.0. The lowest BCUT2D eigenvalue weighted by Gasteiger charge is -2.43. The SMILES string of the molecule is CC(C)(O)c1ccc2c(c1)C(=O)N(Cc1ccc(I)cc1)[C@@]2(OCC1CC[C@@H]1CO)c1ccc(Cl)cc1. The molecule has 2 N–H and O–H groups in total. The van der Waals surface area contributed by atoms with Crippen LogP contribution in [0.5, 0.6) is 0 Å². The standard InChI is InChI=1S/C30H31ClINO4/c1-29(2,36)23-9-14-27-26(15-23)28(35)33(16-19-3-12-25(32)13-4-19)30(27,22-7-10-24(31)11-8-22)37-18-21-6-5-20(21)17-34/h3-4,7-15,20-21,34,36H,5-6,16-18H2,1-2H3/t20-,21?,30-/m1/s1. The summed E-state index contributed by atoms with van der Waals surface area (Å²) in [5.41, 5.74) is 1.47. The summed E-state index contributed by atoms with van der Waals surface area (Å²) in [6, 6.07) is 21.2. The topological polar surface area (TPSA) is 70.0 Å². The van der Waals surface area contributed by atoms with Crippen molar-refractivity contribution in [2.45, 2.75) is 44.6 Å². The molecule has 0 bridgehead atoms. The summed E-state index contributed by atoms with van der Waals surface area (Å²) in [6.45, 7) is 4.33. The van der Waals surface area contributed by atoms with Gasteiger partial charge in [-0.15, -0.1) is 0 Å². The Kier molecular flexibility index (Phi) is 7.41. The van der Waals surface area contributed by atoms with Gasteiger partial charge in [0.15, 0.2) is 5.72 Å². The number of benzene rings is 3. The maximum absolute atomic E-state index is 14.1. The number of halogens is 2. The maximum Gasteiger partial charge on any atom is 0.257 e. The third-order valence-corrected chi connectivity index (χ3v) is 8.72. The van der Waals surface area contributed by atoms with E-state index in [1.165, 1.54) is 0 Å². The van der Waals surface area contributed by atoms with Gasteiger partial charge in [0.1, 0.15) is 0 Å². The molecule has 37 heavy (non-hydrogen) atoms. The molecule has 1 heterocycles. The normalized spacial score (nSPS) is 23.2. The lowest BCUT2D eigenvalue weighted by molar-refractivity contribution is -0.138. The Morgan fingerprint density at radius 1 is 1.05 bits per heavy atom. The Bertz CT molecular complexity index is 1290. The molecule has 7 heteroatoms. The van der Waals surface area contributed by atoms with E-state index < -0.39 is 11.3 Å². The molecule has 1 aliphatic carbocycles. The van der Waals surface area contributed by atoms with Crippen molar-refractivity contribution < 1.29 is 19.7 Å². The van der Waals surface area contributed by atoms with Crippen molar-refractivity contribution in [3.05, 3.63) is 103 Å². The lowest BCUT2D eigenvalue weighted by atomic mass is 9.74. The number of amides is 1. The zero-order valence-electron chi connectivity index (χ0n) is 21.0. The van der Waals surface area contributed by atoms with E-state index in [-0.39, 0.29) is 24.3 Å². The van der Waals surface area contributed by atoms with Crippen LogP contribution < -0.4 is 0 Å². The monoisotopic (exact) mass is 631 g/mol. The van der Waals surface area contributed by atoms with E-state index in [1.807, 2.05) is 60.7 Å². The molecule has 0 radical (unpaired) electrons. The number of carbonyl (C=O) groups excluding carboxylic acids is 1. The largest absolute Gasteiger partial charge is 0.396 e. The van der Waals surface area contributed by atoms with E-state index in [1.54, 1.807) is 24.8 Å². The van der Waals surface area contributed by atoms with E-state index >= 15 is 0 Å². The number of hydrogen-bond donors (Lipinski definition) is 2. The maximum atomic E-state index is 14.1. The van der Waals surface area contributed by atoms with Crippen LogP contribution in [0.15, 0.2) is 66.7 Å². The van der Waals surface area contributed by atoms with Crippen molar-refractivity contribution in [2.75, 3.05) is 13.2 Å². The van der Waals surface area contributed by atoms with Crippen molar-refractivity contribution in [2.24, 2.45) is 11.8 Å². The van der Waals surface area contributed by atoms with Gasteiger partial charge in [0.2, 0.25) is 0 Å². The first-order valence-electron chi connectivity index (χ1n) is 12.6. The fourth-order valence-corrected chi connectivity index (χ4v) is 5.82. The summed E-state index contributed by atoms with van der Waals surface area (Å²) in [6.07, 6.45) is 1.97. The van der Waals surface area contributed by atoms with Gasteiger partial charge in [-0.05, 0) is 103 Å². The average Bonchev–Trinajstić information content (AvgIpc) is 3.08. The molecule has 5 nitrogen and oxygen atoms in total. The molecule has 5 rings (SSSR count). The van der Waals surface area contributed by atoms with E-state index in [9.17, 15) is 15.0 Å². The number of aliphatic hydroxyl groups excluding tert-OH is 1. The number of fused-ring (bicyclic) bond motifs is 1. The highest BCUT2D eigenvalue weighted by molar-refractivity contribution is 14.1.